The second-order valence-corrected chi connectivity index (χ2v) is 4.06. The van der Waals surface area contributed by atoms with Gasteiger partial charge in [0.15, 0.2) is 0 Å². The maximum absolute atomic E-state index is 11.9. The monoisotopic (exact) mass is 267 g/mol. The van der Waals surface area contributed by atoms with Gasteiger partial charge in [-0.05, 0) is 0 Å². The van der Waals surface area contributed by atoms with E-state index in [2.05, 4.69) is 20.5 Å². The zero-order valence-corrected chi connectivity index (χ0v) is 10.2. The summed E-state index contributed by atoms with van der Waals surface area (Å²) in [5.74, 6) is -1.66. The number of aliphatic carboxylic acids is 1. The van der Waals surface area contributed by atoms with E-state index in [9.17, 15) is 9.59 Å². The number of amides is 2. The number of urea groups is 1. The molecule has 0 saturated carbocycles. The molecule has 2 atom stereocenters. The Morgan fingerprint density at radius 1 is 1.47 bits per heavy atom. The minimum absolute atomic E-state index is 0.0603. The molecule has 1 aromatic heterocycles. The minimum Gasteiger partial charge on any atom is -0.481 e. The van der Waals surface area contributed by atoms with Crippen LogP contribution in [0.5, 0.6) is 0 Å². The van der Waals surface area contributed by atoms with Gasteiger partial charge in [0.1, 0.15) is 5.92 Å². The van der Waals surface area contributed by atoms with Gasteiger partial charge in [0.05, 0.1) is 31.6 Å². The number of nitrogens with zero attached hydrogens (tertiary/aromatic N) is 4. The van der Waals surface area contributed by atoms with E-state index < -0.39 is 24.0 Å². The second kappa shape index (κ2) is 5.57. The second-order valence-electron chi connectivity index (χ2n) is 4.06. The Balaban J connectivity index is 2.01. The number of carbonyl (C=O) groups excluding carboxylic acids is 1. The summed E-state index contributed by atoms with van der Waals surface area (Å²) in [5, 5.41) is 18.7. The van der Waals surface area contributed by atoms with Crippen molar-refractivity contribution in [2.75, 3.05) is 25.6 Å². The minimum atomic E-state index is -0.986. The molecular formula is C10H13N5O4. The Kier molecular flexibility index (Phi) is 3.85. The van der Waals surface area contributed by atoms with Crippen molar-refractivity contribution in [2.24, 2.45) is 5.92 Å². The fourth-order valence-corrected chi connectivity index (χ4v) is 1.80. The van der Waals surface area contributed by atoms with Crippen molar-refractivity contribution < 1.29 is 19.4 Å². The van der Waals surface area contributed by atoms with Crippen LogP contribution in [0.2, 0.25) is 0 Å². The van der Waals surface area contributed by atoms with Crippen molar-refractivity contribution in [1.82, 2.24) is 20.1 Å². The fourth-order valence-electron chi connectivity index (χ4n) is 1.80. The van der Waals surface area contributed by atoms with Gasteiger partial charge in [-0.2, -0.15) is 5.10 Å². The van der Waals surface area contributed by atoms with Gasteiger partial charge in [0.25, 0.3) is 5.95 Å². The lowest BCUT2D eigenvalue weighted by molar-refractivity contribution is -0.142. The van der Waals surface area contributed by atoms with Crippen molar-refractivity contribution >= 4 is 17.9 Å². The van der Waals surface area contributed by atoms with Crippen molar-refractivity contribution in [1.29, 1.82) is 0 Å². The predicted octanol–water partition coefficient (Wildman–Crippen LogP) is -0.565. The highest BCUT2D eigenvalue weighted by Crippen LogP contribution is 2.19. The maximum atomic E-state index is 11.9. The standard InChI is InChI=1S/C10H13N5O4/c1-15(7-5-19-4-6(7)8(16)17)10(18)13-9-11-2-3-12-14-9/h2-3,6-7H,4-5H2,1H3,(H,16,17)(H,11,13,14,18). The Morgan fingerprint density at radius 2 is 2.26 bits per heavy atom. The number of rotatable bonds is 3. The number of carboxylic acid groups (broad SMARTS) is 1. The average Bonchev–Trinajstić information content (AvgIpc) is 2.88. The van der Waals surface area contributed by atoms with Gasteiger partial charge in [-0.25, -0.2) is 9.78 Å². The number of carbonyl (C=O) groups is 2. The smallest absolute Gasteiger partial charge is 0.324 e. The molecule has 2 unspecified atom stereocenters. The van der Waals surface area contributed by atoms with Gasteiger partial charge in [-0.15, -0.1) is 5.10 Å². The van der Waals surface area contributed by atoms with Crippen LogP contribution in [-0.2, 0) is 9.53 Å². The molecule has 0 bridgehead atoms. The lowest BCUT2D eigenvalue weighted by Crippen LogP contribution is -2.46. The van der Waals surface area contributed by atoms with Crippen LogP contribution in [0.15, 0.2) is 12.4 Å². The molecule has 1 fully saturated rings. The van der Waals surface area contributed by atoms with Crippen molar-refractivity contribution in [2.45, 2.75) is 6.04 Å². The molecule has 2 rings (SSSR count). The van der Waals surface area contributed by atoms with Crippen molar-refractivity contribution in [3.8, 4) is 0 Å². The van der Waals surface area contributed by atoms with Crippen LogP contribution >= 0.6 is 0 Å². The number of nitrogens with one attached hydrogen (secondary N) is 1. The molecule has 1 saturated heterocycles. The van der Waals surface area contributed by atoms with Crippen LogP contribution in [0.25, 0.3) is 0 Å². The van der Waals surface area contributed by atoms with Crippen LogP contribution in [0.4, 0.5) is 10.7 Å². The number of anilines is 1. The molecule has 9 nitrogen and oxygen atoms in total. The summed E-state index contributed by atoms with van der Waals surface area (Å²) in [6.45, 7) is 0.287. The highest BCUT2D eigenvalue weighted by Gasteiger charge is 2.38. The van der Waals surface area contributed by atoms with E-state index in [4.69, 9.17) is 9.84 Å². The number of hydrogen-bond donors (Lipinski definition) is 2. The van der Waals surface area contributed by atoms with Crippen molar-refractivity contribution in [3.05, 3.63) is 12.4 Å². The van der Waals surface area contributed by atoms with Crippen LogP contribution in [0.1, 0.15) is 0 Å². The first kappa shape index (κ1) is 13.1. The number of carboxylic acids is 1. The topological polar surface area (TPSA) is 118 Å². The zero-order chi connectivity index (χ0) is 13.8. The number of hydrogen-bond acceptors (Lipinski definition) is 6. The summed E-state index contributed by atoms with van der Waals surface area (Å²) in [4.78, 5) is 28.0. The maximum Gasteiger partial charge on any atom is 0.324 e. The first-order valence-corrected chi connectivity index (χ1v) is 5.57. The van der Waals surface area contributed by atoms with E-state index in [-0.39, 0.29) is 19.2 Å². The first-order valence-electron chi connectivity index (χ1n) is 5.57. The molecule has 1 aromatic rings. The van der Waals surface area contributed by atoms with E-state index >= 15 is 0 Å². The number of ether oxygens (including phenoxy) is 1. The van der Waals surface area contributed by atoms with Gasteiger partial charge < -0.3 is 14.7 Å². The summed E-state index contributed by atoms with van der Waals surface area (Å²) in [5.41, 5.74) is 0. The third-order valence-electron chi connectivity index (χ3n) is 2.89. The van der Waals surface area contributed by atoms with Crippen LogP contribution < -0.4 is 5.32 Å². The fraction of sp³-hybridized carbons (Fsp3) is 0.500. The highest BCUT2D eigenvalue weighted by molar-refractivity contribution is 5.88. The largest absolute Gasteiger partial charge is 0.481 e. The molecule has 0 aliphatic carbocycles. The Hall–Kier alpha value is -2.29. The lowest BCUT2D eigenvalue weighted by atomic mass is 10.0. The van der Waals surface area contributed by atoms with E-state index in [1.54, 1.807) is 0 Å². The Labute approximate surface area is 108 Å². The van der Waals surface area contributed by atoms with Gasteiger partial charge in [-0.3, -0.25) is 10.1 Å². The average molecular weight is 267 g/mol. The Bertz CT molecular complexity index is 468. The van der Waals surface area contributed by atoms with Crippen LogP contribution in [0.3, 0.4) is 0 Å². The molecule has 9 heteroatoms. The summed E-state index contributed by atoms with van der Waals surface area (Å²) in [6.07, 6.45) is 2.77. The summed E-state index contributed by atoms with van der Waals surface area (Å²) in [6, 6.07) is -1.02. The van der Waals surface area contributed by atoms with Gasteiger partial charge in [0, 0.05) is 7.05 Å². The quantitative estimate of drug-likeness (QED) is 0.753. The summed E-state index contributed by atoms with van der Waals surface area (Å²) >= 11 is 0. The van der Waals surface area contributed by atoms with Crippen molar-refractivity contribution in [3.63, 3.8) is 0 Å². The SMILES string of the molecule is CN(C(=O)Nc1nccnn1)C1COCC1C(=O)O. The molecule has 2 heterocycles. The van der Waals surface area contributed by atoms with E-state index in [1.165, 1.54) is 24.3 Å². The number of likely N-dealkylation sites (N-methyl/N-ethyl adjacent to an activating group) is 1. The third kappa shape index (κ3) is 2.94. The summed E-state index contributed by atoms with van der Waals surface area (Å²) in [7, 11) is 1.50. The van der Waals surface area contributed by atoms with Gasteiger partial charge >= 0.3 is 12.0 Å². The number of aromatic nitrogens is 3. The van der Waals surface area contributed by atoms with E-state index in [1.807, 2.05) is 0 Å². The van der Waals surface area contributed by atoms with Crippen LogP contribution in [-0.4, -0.2) is 63.5 Å². The molecule has 1 aliphatic heterocycles. The lowest BCUT2D eigenvalue weighted by Gasteiger charge is -2.25. The molecule has 2 N–H and O–H groups in total. The highest BCUT2D eigenvalue weighted by atomic mass is 16.5. The first-order chi connectivity index (χ1) is 9.09. The van der Waals surface area contributed by atoms with E-state index in [0.29, 0.717) is 0 Å². The molecular weight excluding hydrogens is 254 g/mol. The predicted molar refractivity (Wildman–Crippen MR) is 62.3 cm³/mol. The van der Waals surface area contributed by atoms with Gasteiger partial charge in [-0.1, -0.05) is 0 Å². The molecule has 102 valence electrons. The molecule has 0 spiro atoms. The van der Waals surface area contributed by atoms with Crippen LogP contribution in [0, 0.1) is 5.92 Å². The zero-order valence-electron chi connectivity index (χ0n) is 10.2. The summed E-state index contributed by atoms with van der Waals surface area (Å²) < 4.78 is 5.11. The normalized spacial score (nSPS) is 21.9. The third-order valence-corrected chi connectivity index (χ3v) is 2.89. The molecule has 1 aliphatic rings. The molecule has 0 aromatic carbocycles. The van der Waals surface area contributed by atoms with Gasteiger partial charge in [0.2, 0.25) is 0 Å². The Morgan fingerprint density at radius 3 is 2.89 bits per heavy atom. The molecule has 2 amide bonds. The molecule has 0 radical (unpaired) electrons. The molecule has 19 heavy (non-hydrogen) atoms. The van der Waals surface area contributed by atoms with E-state index in [0.717, 1.165) is 0 Å².